The van der Waals surface area contributed by atoms with Crippen molar-refractivity contribution < 1.29 is 4.74 Å². The summed E-state index contributed by atoms with van der Waals surface area (Å²) in [6, 6.07) is 8.17. The van der Waals surface area contributed by atoms with E-state index in [1.165, 1.54) is 5.56 Å². The summed E-state index contributed by atoms with van der Waals surface area (Å²) in [7, 11) is 0. The standard InChI is InChI=1S/C13H12BrClN2O/c14-10-3-1-2-9(6-10)7-17-13(15)11-8-18-5-4-12(11)16-17/h1-3,6H,4-5,7-8H2. The first kappa shape index (κ1) is 12.2. The summed E-state index contributed by atoms with van der Waals surface area (Å²) in [5.74, 6) is 0. The highest BCUT2D eigenvalue weighted by Crippen LogP contribution is 2.25. The summed E-state index contributed by atoms with van der Waals surface area (Å²) in [4.78, 5) is 0. The topological polar surface area (TPSA) is 27.1 Å². The Morgan fingerprint density at radius 2 is 2.33 bits per heavy atom. The summed E-state index contributed by atoms with van der Waals surface area (Å²) in [6.07, 6.45) is 0.848. The third kappa shape index (κ3) is 2.32. The van der Waals surface area contributed by atoms with Crippen LogP contribution in [0.4, 0.5) is 0 Å². The van der Waals surface area contributed by atoms with E-state index >= 15 is 0 Å². The van der Waals surface area contributed by atoms with Gasteiger partial charge in [-0.3, -0.25) is 0 Å². The van der Waals surface area contributed by atoms with E-state index in [-0.39, 0.29) is 0 Å². The van der Waals surface area contributed by atoms with E-state index in [0.29, 0.717) is 18.3 Å². The average Bonchev–Trinajstić information content (AvgIpc) is 2.67. The summed E-state index contributed by atoms with van der Waals surface area (Å²) in [6.45, 7) is 2.00. The van der Waals surface area contributed by atoms with E-state index in [1.54, 1.807) is 0 Å². The maximum atomic E-state index is 6.34. The number of fused-ring (bicyclic) bond motifs is 1. The number of ether oxygens (including phenoxy) is 1. The van der Waals surface area contributed by atoms with Crippen LogP contribution in [0.25, 0.3) is 0 Å². The molecule has 3 rings (SSSR count). The highest BCUT2D eigenvalue weighted by atomic mass is 79.9. The molecular formula is C13H12BrClN2O. The molecule has 1 aliphatic rings. The largest absolute Gasteiger partial charge is 0.376 e. The number of halogens is 2. The Morgan fingerprint density at radius 3 is 3.11 bits per heavy atom. The Labute approximate surface area is 119 Å². The van der Waals surface area contributed by atoms with Crippen LogP contribution in [0.15, 0.2) is 28.7 Å². The molecule has 0 amide bonds. The predicted octanol–water partition coefficient (Wildman–Crippen LogP) is 3.42. The number of benzene rings is 1. The first-order valence-electron chi connectivity index (χ1n) is 5.80. The second-order valence-electron chi connectivity index (χ2n) is 4.31. The van der Waals surface area contributed by atoms with Gasteiger partial charge < -0.3 is 4.74 Å². The average molecular weight is 328 g/mol. The van der Waals surface area contributed by atoms with E-state index in [2.05, 4.69) is 33.2 Å². The van der Waals surface area contributed by atoms with Crippen molar-refractivity contribution in [1.29, 1.82) is 0 Å². The molecule has 18 heavy (non-hydrogen) atoms. The molecule has 0 saturated heterocycles. The fourth-order valence-corrected chi connectivity index (χ4v) is 2.83. The third-order valence-electron chi connectivity index (χ3n) is 3.02. The Kier molecular flexibility index (Phi) is 3.41. The number of hydrogen-bond donors (Lipinski definition) is 0. The minimum Gasteiger partial charge on any atom is -0.376 e. The SMILES string of the molecule is Clc1c2c(nn1Cc1cccc(Br)c1)CCOC2. The number of hydrogen-bond acceptors (Lipinski definition) is 2. The molecule has 1 aromatic carbocycles. The van der Waals surface area contributed by atoms with Crippen LogP contribution in [0.1, 0.15) is 16.8 Å². The second-order valence-corrected chi connectivity index (χ2v) is 5.58. The zero-order valence-electron chi connectivity index (χ0n) is 9.70. The number of rotatable bonds is 2. The first-order valence-corrected chi connectivity index (χ1v) is 6.97. The van der Waals surface area contributed by atoms with E-state index in [0.717, 1.165) is 28.8 Å². The Balaban J connectivity index is 1.91. The molecule has 0 bridgehead atoms. The van der Waals surface area contributed by atoms with Gasteiger partial charge in [0.05, 0.1) is 25.5 Å². The van der Waals surface area contributed by atoms with Crippen LogP contribution in [-0.2, 0) is 24.3 Å². The van der Waals surface area contributed by atoms with Gasteiger partial charge in [0.15, 0.2) is 0 Å². The molecular weight excluding hydrogens is 316 g/mol. The van der Waals surface area contributed by atoms with E-state index in [9.17, 15) is 0 Å². The Morgan fingerprint density at radius 1 is 1.44 bits per heavy atom. The van der Waals surface area contributed by atoms with E-state index < -0.39 is 0 Å². The van der Waals surface area contributed by atoms with Gasteiger partial charge in [0, 0.05) is 16.5 Å². The predicted molar refractivity (Wildman–Crippen MR) is 73.8 cm³/mol. The normalized spacial score (nSPS) is 14.6. The maximum absolute atomic E-state index is 6.34. The lowest BCUT2D eigenvalue weighted by atomic mass is 10.2. The molecule has 0 N–H and O–H groups in total. The van der Waals surface area contributed by atoms with Crippen molar-refractivity contribution in [1.82, 2.24) is 9.78 Å². The van der Waals surface area contributed by atoms with Gasteiger partial charge in [0.25, 0.3) is 0 Å². The monoisotopic (exact) mass is 326 g/mol. The molecule has 0 aliphatic carbocycles. The molecule has 5 heteroatoms. The van der Waals surface area contributed by atoms with Crippen molar-refractivity contribution in [3.05, 3.63) is 50.7 Å². The van der Waals surface area contributed by atoms with Crippen LogP contribution in [0.2, 0.25) is 5.15 Å². The van der Waals surface area contributed by atoms with Gasteiger partial charge in [0.2, 0.25) is 0 Å². The molecule has 0 spiro atoms. The van der Waals surface area contributed by atoms with Gasteiger partial charge in [-0.15, -0.1) is 0 Å². The minimum absolute atomic E-state index is 0.576. The zero-order chi connectivity index (χ0) is 12.5. The molecule has 0 saturated carbocycles. The molecule has 2 aromatic rings. The van der Waals surface area contributed by atoms with Gasteiger partial charge in [0.1, 0.15) is 5.15 Å². The van der Waals surface area contributed by atoms with E-state index in [1.807, 2.05) is 16.8 Å². The Hall–Kier alpha value is -0.840. The molecule has 0 unspecified atom stereocenters. The van der Waals surface area contributed by atoms with Crippen LogP contribution < -0.4 is 0 Å². The molecule has 0 radical (unpaired) electrons. The highest BCUT2D eigenvalue weighted by molar-refractivity contribution is 9.10. The number of aromatic nitrogens is 2. The fourth-order valence-electron chi connectivity index (χ4n) is 2.12. The third-order valence-corrected chi connectivity index (χ3v) is 3.93. The van der Waals surface area contributed by atoms with Crippen LogP contribution >= 0.6 is 27.5 Å². The molecule has 94 valence electrons. The van der Waals surface area contributed by atoms with Gasteiger partial charge >= 0.3 is 0 Å². The van der Waals surface area contributed by atoms with Crippen molar-refractivity contribution >= 4 is 27.5 Å². The molecule has 3 nitrogen and oxygen atoms in total. The maximum Gasteiger partial charge on any atom is 0.133 e. The van der Waals surface area contributed by atoms with Gasteiger partial charge in [-0.25, -0.2) is 4.68 Å². The van der Waals surface area contributed by atoms with Gasteiger partial charge in [-0.2, -0.15) is 5.10 Å². The lowest BCUT2D eigenvalue weighted by molar-refractivity contribution is 0.110. The van der Waals surface area contributed by atoms with Crippen LogP contribution in [-0.4, -0.2) is 16.4 Å². The summed E-state index contributed by atoms with van der Waals surface area (Å²) >= 11 is 9.81. The molecule has 0 atom stereocenters. The van der Waals surface area contributed by atoms with Gasteiger partial charge in [-0.1, -0.05) is 39.7 Å². The van der Waals surface area contributed by atoms with Crippen molar-refractivity contribution in [3.8, 4) is 0 Å². The second kappa shape index (κ2) is 5.03. The minimum atomic E-state index is 0.576. The van der Waals surface area contributed by atoms with Crippen molar-refractivity contribution in [2.75, 3.05) is 6.61 Å². The van der Waals surface area contributed by atoms with Crippen LogP contribution in [0, 0.1) is 0 Å². The molecule has 2 heterocycles. The molecule has 1 aliphatic heterocycles. The van der Waals surface area contributed by atoms with Crippen LogP contribution in [0.3, 0.4) is 0 Å². The summed E-state index contributed by atoms with van der Waals surface area (Å²) in [5.41, 5.74) is 3.28. The van der Waals surface area contributed by atoms with E-state index in [4.69, 9.17) is 16.3 Å². The smallest absolute Gasteiger partial charge is 0.133 e. The van der Waals surface area contributed by atoms with Gasteiger partial charge in [-0.05, 0) is 17.7 Å². The van der Waals surface area contributed by atoms with Crippen molar-refractivity contribution in [2.24, 2.45) is 0 Å². The lowest BCUT2D eigenvalue weighted by Crippen LogP contribution is -2.08. The number of nitrogens with zero attached hydrogens (tertiary/aromatic N) is 2. The Bertz CT molecular complexity index is 582. The van der Waals surface area contributed by atoms with Crippen LogP contribution in [0.5, 0.6) is 0 Å². The fraction of sp³-hybridized carbons (Fsp3) is 0.308. The molecule has 0 fully saturated rings. The first-order chi connectivity index (χ1) is 8.74. The highest BCUT2D eigenvalue weighted by Gasteiger charge is 2.19. The lowest BCUT2D eigenvalue weighted by Gasteiger charge is -2.09. The zero-order valence-corrected chi connectivity index (χ0v) is 12.0. The summed E-state index contributed by atoms with van der Waals surface area (Å²) < 4.78 is 8.33. The van der Waals surface area contributed by atoms with Crippen molar-refractivity contribution in [2.45, 2.75) is 19.6 Å². The molecule has 1 aromatic heterocycles. The summed E-state index contributed by atoms with van der Waals surface area (Å²) in [5, 5.41) is 5.26. The quantitative estimate of drug-likeness (QED) is 0.845. The van der Waals surface area contributed by atoms with Crippen molar-refractivity contribution in [3.63, 3.8) is 0 Å².